The number of hydrogen-bond donors (Lipinski definition) is 0. The third-order valence-corrected chi connectivity index (χ3v) is 4.70. The maximum Gasteiger partial charge on any atom is 0.228 e. The van der Waals surface area contributed by atoms with Gasteiger partial charge in [0.25, 0.3) is 0 Å². The molecule has 0 spiro atoms. The van der Waals surface area contributed by atoms with Crippen LogP contribution in [-0.4, -0.2) is 25.8 Å². The summed E-state index contributed by atoms with van der Waals surface area (Å²) in [6.45, 7) is 4.44. The predicted octanol–water partition coefficient (Wildman–Crippen LogP) is 6.05. The van der Waals surface area contributed by atoms with E-state index < -0.39 is 5.79 Å². The van der Waals surface area contributed by atoms with Gasteiger partial charge in [0.15, 0.2) is 5.78 Å². The van der Waals surface area contributed by atoms with Gasteiger partial charge in [-0.25, -0.2) is 0 Å². The zero-order valence-electron chi connectivity index (χ0n) is 16.1. The maximum absolute atomic E-state index is 12.5. The molecule has 0 aromatic carbocycles. The molecule has 0 aliphatic heterocycles. The molecule has 23 heavy (non-hydrogen) atoms. The molecule has 0 atom stereocenters. The lowest BCUT2D eigenvalue weighted by atomic mass is 9.97. The van der Waals surface area contributed by atoms with Crippen LogP contribution in [0, 0.1) is 0 Å². The first-order valence-corrected chi connectivity index (χ1v) is 9.80. The van der Waals surface area contributed by atoms with Crippen LogP contribution in [0.25, 0.3) is 0 Å². The number of methoxy groups -OCH3 is 2. The lowest BCUT2D eigenvalue weighted by Crippen LogP contribution is -2.42. The Morgan fingerprint density at radius 3 is 1.61 bits per heavy atom. The molecule has 3 heteroatoms. The van der Waals surface area contributed by atoms with Crippen LogP contribution < -0.4 is 0 Å². The zero-order valence-corrected chi connectivity index (χ0v) is 16.1. The second-order valence-electron chi connectivity index (χ2n) is 6.62. The van der Waals surface area contributed by atoms with E-state index in [0.29, 0.717) is 12.8 Å². The predicted molar refractivity (Wildman–Crippen MR) is 97.7 cm³/mol. The van der Waals surface area contributed by atoms with Crippen molar-refractivity contribution in [3.05, 3.63) is 0 Å². The van der Waals surface area contributed by atoms with Crippen molar-refractivity contribution in [1.29, 1.82) is 0 Å². The number of ketones is 1. The van der Waals surface area contributed by atoms with E-state index in [-0.39, 0.29) is 5.78 Å². The molecule has 3 nitrogen and oxygen atoms in total. The first-order valence-electron chi connectivity index (χ1n) is 9.80. The minimum absolute atomic E-state index is 0.117. The quantitative estimate of drug-likeness (QED) is 0.241. The van der Waals surface area contributed by atoms with Crippen molar-refractivity contribution in [3.8, 4) is 0 Å². The number of rotatable bonds is 17. The molecular weight excluding hydrogens is 288 g/mol. The summed E-state index contributed by atoms with van der Waals surface area (Å²) in [7, 11) is 3.19. The SMILES string of the molecule is CCCCCCCCC(=O)C(CCCCCCCC)(OC)OC. The van der Waals surface area contributed by atoms with Gasteiger partial charge >= 0.3 is 0 Å². The van der Waals surface area contributed by atoms with Gasteiger partial charge < -0.3 is 9.47 Å². The average molecular weight is 329 g/mol. The van der Waals surface area contributed by atoms with Crippen molar-refractivity contribution in [2.24, 2.45) is 0 Å². The Labute approximate surface area is 144 Å². The van der Waals surface area contributed by atoms with Crippen LogP contribution in [0.2, 0.25) is 0 Å². The minimum Gasteiger partial charge on any atom is -0.347 e. The first-order chi connectivity index (χ1) is 11.2. The van der Waals surface area contributed by atoms with Gasteiger partial charge in [-0.05, 0) is 12.8 Å². The molecule has 0 radical (unpaired) electrons. The van der Waals surface area contributed by atoms with Gasteiger partial charge in [0, 0.05) is 27.1 Å². The second-order valence-corrected chi connectivity index (χ2v) is 6.62. The van der Waals surface area contributed by atoms with Gasteiger partial charge in [-0.2, -0.15) is 0 Å². The van der Waals surface area contributed by atoms with Gasteiger partial charge in [0.1, 0.15) is 0 Å². The number of ether oxygens (including phenoxy) is 2. The molecule has 0 aromatic heterocycles. The van der Waals surface area contributed by atoms with E-state index in [0.717, 1.165) is 25.7 Å². The normalized spacial score (nSPS) is 11.8. The summed E-state index contributed by atoms with van der Waals surface area (Å²) in [5.74, 6) is -0.889. The van der Waals surface area contributed by atoms with E-state index in [2.05, 4.69) is 13.8 Å². The van der Waals surface area contributed by atoms with Crippen LogP contribution in [-0.2, 0) is 14.3 Å². The van der Waals surface area contributed by atoms with E-state index in [4.69, 9.17) is 9.47 Å². The molecule has 0 fully saturated rings. The topological polar surface area (TPSA) is 35.5 Å². The van der Waals surface area contributed by atoms with Crippen LogP contribution in [0.5, 0.6) is 0 Å². The number of hydrogen-bond acceptors (Lipinski definition) is 3. The molecule has 0 aliphatic rings. The standard InChI is InChI=1S/C20H40O3/c1-5-7-9-11-13-15-17-19(21)20(22-3,23-4)18-16-14-12-10-8-6-2/h5-18H2,1-4H3. The van der Waals surface area contributed by atoms with Crippen molar-refractivity contribution in [2.45, 2.75) is 110 Å². The van der Waals surface area contributed by atoms with Gasteiger partial charge in [-0.15, -0.1) is 0 Å². The third-order valence-electron chi connectivity index (χ3n) is 4.70. The minimum atomic E-state index is -1.01. The first kappa shape index (κ1) is 22.6. The Morgan fingerprint density at radius 1 is 0.696 bits per heavy atom. The molecule has 0 unspecified atom stereocenters. The number of carbonyl (C=O) groups is 1. The highest BCUT2D eigenvalue weighted by Crippen LogP contribution is 2.24. The van der Waals surface area contributed by atoms with Gasteiger partial charge in [0.2, 0.25) is 5.79 Å². The molecule has 0 heterocycles. The number of unbranched alkanes of at least 4 members (excludes halogenated alkanes) is 10. The van der Waals surface area contributed by atoms with Crippen molar-refractivity contribution >= 4 is 5.78 Å². The lowest BCUT2D eigenvalue weighted by Gasteiger charge is -2.29. The fraction of sp³-hybridized carbons (Fsp3) is 0.950. The highest BCUT2D eigenvalue weighted by molar-refractivity contribution is 5.85. The summed E-state index contributed by atoms with van der Waals surface area (Å²) in [5, 5.41) is 0. The third kappa shape index (κ3) is 10.1. The van der Waals surface area contributed by atoms with Gasteiger partial charge in [0.05, 0.1) is 0 Å². The summed E-state index contributed by atoms with van der Waals surface area (Å²) in [6.07, 6.45) is 15.6. The monoisotopic (exact) mass is 328 g/mol. The van der Waals surface area contributed by atoms with Crippen LogP contribution in [0.4, 0.5) is 0 Å². The Bertz CT molecular complexity index is 272. The van der Waals surface area contributed by atoms with E-state index in [1.807, 2.05) is 0 Å². The maximum atomic E-state index is 12.5. The van der Waals surface area contributed by atoms with Crippen LogP contribution in [0.3, 0.4) is 0 Å². The molecule has 0 aromatic rings. The molecule has 0 bridgehead atoms. The Kier molecular flexibility index (Phi) is 14.9. The summed E-state index contributed by atoms with van der Waals surface area (Å²) in [5.41, 5.74) is 0. The molecule has 0 N–H and O–H groups in total. The highest BCUT2D eigenvalue weighted by atomic mass is 16.7. The highest BCUT2D eigenvalue weighted by Gasteiger charge is 2.37. The average Bonchev–Trinajstić information content (AvgIpc) is 2.57. The Hall–Kier alpha value is -0.410. The molecule has 0 aliphatic carbocycles. The van der Waals surface area contributed by atoms with Gasteiger partial charge in [-0.3, -0.25) is 4.79 Å². The van der Waals surface area contributed by atoms with Crippen LogP contribution >= 0.6 is 0 Å². The fourth-order valence-corrected chi connectivity index (χ4v) is 3.05. The van der Waals surface area contributed by atoms with Crippen molar-refractivity contribution < 1.29 is 14.3 Å². The molecule has 0 rings (SSSR count). The summed E-state index contributed by atoms with van der Waals surface area (Å²) < 4.78 is 11.0. The number of carbonyl (C=O) groups excluding carboxylic acids is 1. The largest absolute Gasteiger partial charge is 0.347 e. The summed E-state index contributed by atoms with van der Waals surface area (Å²) in [6, 6.07) is 0. The van der Waals surface area contributed by atoms with Crippen LogP contribution in [0.1, 0.15) is 104 Å². The summed E-state index contributed by atoms with van der Waals surface area (Å²) in [4.78, 5) is 12.5. The summed E-state index contributed by atoms with van der Waals surface area (Å²) >= 11 is 0. The van der Waals surface area contributed by atoms with Crippen molar-refractivity contribution in [3.63, 3.8) is 0 Å². The lowest BCUT2D eigenvalue weighted by molar-refractivity contribution is -0.210. The van der Waals surface area contributed by atoms with Gasteiger partial charge in [-0.1, -0.05) is 78.1 Å². The number of Topliss-reactive ketones (excluding diaryl/α,β-unsaturated/α-hetero) is 1. The Morgan fingerprint density at radius 2 is 1.13 bits per heavy atom. The molecule has 138 valence electrons. The zero-order chi connectivity index (χ0) is 17.4. The van der Waals surface area contributed by atoms with E-state index in [9.17, 15) is 4.79 Å². The molecule has 0 amide bonds. The molecular formula is C20H40O3. The molecule has 0 saturated heterocycles. The molecule has 0 saturated carbocycles. The Balaban J connectivity index is 4.05. The van der Waals surface area contributed by atoms with Crippen LogP contribution in [0.15, 0.2) is 0 Å². The van der Waals surface area contributed by atoms with Crippen molar-refractivity contribution in [2.75, 3.05) is 14.2 Å². The van der Waals surface area contributed by atoms with Crippen molar-refractivity contribution in [1.82, 2.24) is 0 Å². The van der Waals surface area contributed by atoms with E-state index in [1.165, 1.54) is 51.4 Å². The van der Waals surface area contributed by atoms with E-state index >= 15 is 0 Å². The second kappa shape index (κ2) is 15.1. The fourth-order valence-electron chi connectivity index (χ4n) is 3.05. The van der Waals surface area contributed by atoms with E-state index in [1.54, 1.807) is 14.2 Å². The smallest absolute Gasteiger partial charge is 0.228 e.